The molecule has 0 aliphatic carbocycles. The van der Waals surface area contributed by atoms with Crippen LogP contribution in [0.5, 0.6) is 0 Å². The summed E-state index contributed by atoms with van der Waals surface area (Å²) in [5, 5.41) is 8.60. The molecular weight excluding hydrogens is 265 g/mol. The number of aliphatic hydroxyl groups excluding tert-OH is 1. The molecule has 4 nitrogen and oxygen atoms in total. The zero-order chi connectivity index (χ0) is 13.1. The Kier molecular flexibility index (Phi) is 5.05. The van der Waals surface area contributed by atoms with Crippen molar-refractivity contribution in [3.8, 4) is 0 Å². The lowest BCUT2D eigenvalue weighted by Crippen LogP contribution is -2.41. The Bertz CT molecular complexity index is 458. The number of hydrogen-bond donors (Lipinski definition) is 2. The van der Waals surface area contributed by atoms with Gasteiger partial charge >= 0.3 is 0 Å². The van der Waals surface area contributed by atoms with Gasteiger partial charge < -0.3 is 5.11 Å². The Hall–Kier alpha value is -0.500. The van der Waals surface area contributed by atoms with Crippen LogP contribution in [0.1, 0.15) is 20.3 Å². The topological polar surface area (TPSA) is 66.4 Å². The summed E-state index contributed by atoms with van der Waals surface area (Å²) in [4.78, 5) is 0. The zero-order valence-electron chi connectivity index (χ0n) is 9.68. The maximum atomic E-state index is 12.8. The summed E-state index contributed by atoms with van der Waals surface area (Å²) in [6.07, 6.45) is 0.743. The van der Waals surface area contributed by atoms with E-state index in [1.807, 2.05) is 13.8 Å². The molecule has 2 atom stereocenters. The molecule has 0 aromatic carbocycles. The van der Waals surface area contributed by atoms with E-state index < -0.39 is 21.2 Å². The van der Waals surface area contributed by atoms with Gasteiger partial charge in [-0.25, -0.2) is 13.1 Å². The van der Waals surface area contributed by atoms with Gasteiger partial charge in [-0.3, -0.25) is 0 Å². The average molecular weight is 281 g/mol. The van der Waals surface area contributed by atoms with Crippen molar-refractivity contribution >= 4 is 21.4 Å². The molecule has 0 spiro atoms. The number of hydrogen-bond acceptors (Lipinski definition) is 4. The SMILES string of the molecule is CC[C@H](C)[C@@H](CO)NS(=O)(=O)c1ccc(F)s1. The van der Waals surface area contributed by atoms with Crippen molar-refractivity contribution in [1.82, 2.24) is 4.72 Å². The fraction of sp³-hybridized carbons (Fsp3) is 0.600. The second-order valence-corrected chi connectivity index (χ2v) is 6.83. The number of aliphatic hydroxyl groups is 1. The molecule has 0 aliphatic heterocycles. The minimum atomic E-state index is -3.74. The molecule has 1 aromatic heterocycles. The summed E-state index contributed by atoms with van der Waals surface area (Å²) in [5.41, 5.74) is 0. The van der Waals surface area contributed by atoms with Crippen LogP contribution in [0.2, 0.25) is 0 Å². The first-order valence-electron chi connectivity index (χ1n) is 5.29. The van der Waals surface area contributed by atoms with Gasteiger partial charge in [0.05, 0.1) is 6.61 Å². The first-order valence-corrected chi connectivity index (χ1v) is 7.59. The Morgan fingerprint density at radius 2 is 2.18 bits per heavy atom. The van der Waals surface area contributed by atoms with E-state index >= 15 is 0 Å². The number of sulfonamides is 1. The molecule has 0 fully saturated rings. The molecule has 0 saturated carbocycles. The maximum absolute atomic E-state index is 12.8. The Morgan fingerprint density at radius 3 is 2.59 bits per heavy atom. The first kappa shape index (κ1) is 14.6. The molecule has 1 rings (SSSR count). The van der Waals surface area contributed by atoms with E-state index in [0.717, 1.165) is 12.5 Å². The van der Waals surface area contributed by atoms with Crippen molar-refractivity contribution < 1.29 is 17.9 Å². The lowest BCUT2D eigenvalue weighted by atomic mass is 10.0. The monoisotopic (exact) mass is 281 g/mol. The summed E-state index contributed by atoms with van der Waals surface area (Å²) in [6.45, 7) is 3.48. The molecule has 1 aromatic rings. The second kappa shape index (κ2) is 5.90. The maximum Gasteiger partial charge on any atom is 0.250 e. The third kappa shape index (κ3) is 3.74. The smallest absolute Gasteiger partial charge is 0.250 e. The Morgan fingerprint density at radius 1 is 1.53 bits per heavy atom. The van der Waals surface area contributed by atoms with E-state index in [4.69, 9.17) is 5.11 Å². The number of halogens is 1. The van der Waals surface area contributed by atoms with Crippen LogP contribution in [0.15, 0.2) is 16.3 Å². The quantitative estimate of drug-likeness (QED) is 0.832. The lowest BCUT2D eigenvalue weighted by molar-refractivity contribution is 0.219. The lowest BCUT2D eigenvalue weighted by Gasteiger charge is -2.21. The molecule has 98 valence electrons. The van der Waals surface area contributed by atoms with Crippen molar-refractivity contribution in [2.24, 2.45) is 5.92 Å². The summed E-state index contributed by atoms with van der Waals surface area (Å²) in [6, 6.07) is 1.78. The van der Waals surface area contributed by atoms with Crippen LogP contribution < -0.4 is 4.72 Å². The van der Waals surface area contributed by atoms with Gasteiger partial charge in [0.15, 0.2) is 5.13 Å². The van der Waals surface area contributed by atoms with Gasteiger partial charge in [-0.05, 0) is 18.1 Å². The van der Waals surface area contributed by atoms with Crippen molar-refractivity contribution in [3.05, 3.63) is 17.3 Å². The standard InChI is InChI=1S/C10H16FNO3S2/c1-3-7(2)8(6-13)12-17(14,15)10-5-4-9(11)16-10/h4-5,7-8,12-13H,3,6H2,1-2H3/t7-,8+/m0/s1. The van der Waals surface area contributed by atoms with Crippen LogP contribution in [0.25, 0.3) is 0 Å². The molecule has 1 heterocycles. The highest BCUT2D eigenvalue weighted by molar-refractivity contribution is 7.91. The number of rotatable bonds is 6. The van der Waals surface area contributed by atoms with Gasteiger partial charge in [-0.1, -0.05) is 31.6 Å². The summed E-state index contributed by atoms with van der Waals surface area (Å²) in [7, 11) is -3.74. The van der Waals surface area contributed by atoms with Crippen molar-refractivity contribution in [3.63, 3.8) is 0 Å². The van der Waals surface area contributed by atoms with Gasteiger partial charge in [-0.2, -0.15) is 4.39 Å². The molecule has 0 aliphatic rings. The molecule has 7 heteroatoms. The minimum absolute atomic E-state index is 0.0135. The highest BCUT2D eigenvalue weighted by Gasteiger charge is 2.24. The van der Waals surface area contributed by atoms with E-state index in [-0.39, 0.29) is 16.7 Å². The van der Waals surface area contributed by atoms with E-state index in [2.05, 4.69) is 4.72 Å². The van der Waals surface area contributed by atoms with E-state index in [1.54, 1.807) is 0 Å². The van der Waals surface area contributed by atoms with Crippen molar-refractivity contribution in [1.29, 1.82) is 0 Å². The third-order valence-electron chi connectivity index (χ3n) is 2.65. The van der Waals surface area contributed by atoms with Gasteiger partial charge in [0, 0.05) is 6.04 Å². The highest BCUT2D eigenvalue weighted by Crippen LogP contribution is 2.21. The minimum Gasteiger partial charge on any atom is -0.395 e. The second-order valence-electron chi connectivity index (χ2n) is 3.85. The highest BCUT2D eigenvalue weighted by atomic mass is 32.2. The fourth-order valence-corrected chi connectivity index (χ4v) is 3.67. The van der Waals surface area contributed by atoms with Crippen LogP contribution in [0, 0.1) is 11.0 Å². The molecule has 2 N–H and O–H groups in total. The third-order valence-corrected chi connectivity index (χ3v) is 5.50. The molecule has 0 radical (unpaired) electrons. The molecule has 0 unspecified atom stereocenters. The Balaban J connectivity index is 2.85. The summed E-state index contributed by atoms with van der Waals surface area (Å²) in [5.74, 6) is 0.0135. The zero-order valence-corrected chi connectivity index (χ0v) is 11.3. The summed E-state index contributed by atoms with van der Waals surface area (Å²) >= 11 is 0.568. The number of thiophene rings is 1. The van der Waals surface area contributed by atoms with Crippen LogP contribution in [-0.4, -0.2) is 26.2 Å². The van der Waals surface area contributed by atoms with Gasteiger partial charge in [0.2, 0.25) is 10.0 Å². The van der Waals surface area contributed by atoms with Crippen LogP contribution >= 0.6 is 11.3 Å². The number of nitrogens with one attached hydrogen (secondary N) is 1. The predicted molar refractivity (Wildman–Crippen MR) is 64.9 cm³/mol. The van der Waals surface area contributed by atoms with E-state index in [9.17, 15) is 12.8 Å². The van der Waals surface area contributed by atoms with Crippen molar-refractivity contribution in [2.75, 3.05) is 6.61 Å². The average Bonchev–Trinajstić information content (AvgIpc) is 2.72. The van der Waals surface area contributed by atoms with Gasteiger partial charge in [0.1, 0.15) is 4.21 Å². The summed E-state index contributed by atoms with van der Waals surface area (Å²) < 4.78 is 38.8. The van der Waals surface area contributed by atoms with Crippen LogP contribution in [0.3, 0.4) is 0 Å². The molecular formula is C10H16FNO3S2. The van der Waals surface area contributed by atoms with Gasteiger partial charge in [0.25, 0.3) is 0 Å². The normalized spacial score (nSPS) is 15.8. The van der Waals surface area contributed by atoms with Crippen LogP contribution in [-0.2, 0) is 10.0 Å². The predicted octanol–water partition coefficient (Wildman–Crippen LogP) is 1.57. The van der Waals surface area contributed by atoms with Crippen LogP contribution in [0.4, 0.5) is 4.39 Å². The molecule has 17 heavy (non-hydrogen) atoms. The molecule has 0 saturated heterocycles. The van der Waals surface area contributed by atoms with Crippen molar-refractivity contribution in [2.45, 2.75) is 30.5 Å². The van der Waals surface area contributed by atoms with Gasteiger partial charge in [-0.15, -0.1) is 0 Å². The molecule has 0 amide bonds. The fourth-order valence-electron chi connectivity index (χ4n) is 1.32. The Labute approximate surface area is 105 Å². The first-order chi connectivity index (χ1) is 7.90. The largest absolute Gasteiger partial charge is 0.395 e. The van der Waals surface area contributed by atoms with E-state index in [0.29, 0.717) is 11.3 Å². The molecule has 0 bridgehead atoms. The van der Waals surface area contributed by atoms with E-state index in [1.165, 1.54) is 6.07 Å².